The van der Waals surface area contributed by atoms with Gasteiger partial charge < -0.3 is 0 Å². The Kier molecular flexibility index (Phi) is 3.00. The summed E-state index contributed by atoms with van der Waals surface area (Å²) in [4.78, 5) is 0. The molecule has 0 bridgehead atoms. The van der Waals surface area contributed by atoms with Gasteiger partial charge in [0.15, 0.2) is 0 Å². The Balaban J connectivity index is 2.18. The number of rotatable bonds is 1. The van der Waals surface area contributed by atoms with E-state index in [9.17, 15) is 0 Å². The van der Waals surface area contributed by atoms with Crippen LogP contribution in [0.25, 0.3) is 6.08 Å². The Morgan fingerprint density at radius 3 is 2.37 bits per heavy atom. The second kappa shape index (κ2) is 4.33. The summed E-state index contributed by atoms with van der Waals surface area (Å²) >= 11 is 2.31. The molecule has 0 spiro atoms. The zero-order valence-corrected chi connectivity index (χ0v) is 13.6. The first-order chi connectivity index (χ1) is 8.98. The van der Waals surface area contributed by atoms with Crippen molar-refractivity contribution in [3.05, 3.63) is 62.1 Å². The summed E-state index contributed by atoms with van der Waals surface area (Å²) in [6, 6.07) is 8.80. The van der Waals surface area contributed by atoms with E-state index in [1.54, 1.807) is 0 Å². The SMILES string of the molecule is CC1=C(C)C(C)(C2C=Cc3ccccc32)[C]([Ti])=C1C. The van der Waals surface area contributed by atoms with Gasteiger partial charge in [0.2, 0.25) is 0 Å². The van der Waals surface area contributed by atoms with Crippen LogP contribution in [0.3, 0.4) is 0 Å². The first-order valence-corrected chi connectivity index (χ1v) is 7.64. The maximum atomic E-state index is 2.41. The Morgan fingerprint density at radius 2 is 1.74 bits per heavy atom. The normalized spacial score (nSPS) is 29.3. The van der Waals surface area contributed by atoms with E-state index in [4.69, 9.17) is 0 Å². The van der Waals surface area contributed by atoms with Crippen molar-refractivity contribution in [3.8, 4) is 0 Å². The van der Waals surface area contributed by atoms with E-state index >= 15 is 0 Å². The number of fused-ring (bicyclic) bond motifs is 1. The van der Waals surface area contributed by atoms with Crippen molar-refractivity contribution in [1.82, 2.24) is 0 Å². The fourth-order valence-electron chi connectivity index (χ4n) is 3.58. The summed E-state index contributed by atoms with van der Waals surface area (Å²) in [5.74, 6) is 0.482. The Morgan fingerprint density at radius 1 is 1.05 bits per heavy atom. The molecule has 19 heavy (non-hydrogen) atoms. The molecule has 0 N–H and O–H groups in total. The fourth-order valence-corrected chi connectivity index (χ4v) is 4.41. The molecule has 3 rings (SSSR count). The van der Waals surface area contributed by atoms with Gasteiger partial charge in [0.1, 0.15) is 0 Å². The summed E-state index contributed by atoms with van der Waals surface area (Å²) in [6.45, 7) is 9.26. The summed E-state index contributed by atoms with van der Waals surface area (Å²) in [5, 5.41) is 0. The first-order valence-electron chi connectivity index (χ1n) is 6.86. The minimum atomic E-state index is 0.150. The summed E-state index contributed by atoms with van der Waals surface area (Å²) in [7, 11) is 0. The molecule has 95 valence electrons. The molecule has 1 heteroatoms. The molecule has 1 aromatic rings. The molecule has 0 radical (unpaired) electrons. The van der Waals surface area contributed by atoms with Crippen LogP contribution in [0.5, 0.6) is 0 Å². The van der Waals surface area contributed by atoms with Crippen molar-refractivity contribution in [2.75, 3.05) is 0 Å². The number of benzene rings is 1. The van der Waals surface area contributed by atoms with Gasteiger partial charge in [-0.3, -0.25) is 0 Å². The van der Waals surface area contributed by atoms with E-state index in [0.29, 0.717) is 5.92 Å². The zero-order valence-electron chi connectivity index (χ0n) is 12.0. The van der Waals surface area contributed by atoms with Gasteiger partial charge in [-0.1, -0.05) is 0 Å². The van der Waals surface area contributed by atoms with Crippen molar-refractivity contribution < 1.29 is 20.4 Å². The molecule has 2 aliphatic rings. The van der Waals surface area contributed by atoms with Gasteiger partial charge in [0.25, 0.3) is 0 Å². The van der Waals surface area contributed by atoms with Gasteiger partial charge >= 0.3 is 128 Å². The molecular formula is C18H19Ti. The average molecular weight is 283 g/mol. The molecule has 0 saturated carbocycles. The fraction of sp³-hybridized carbons (Fsp3) is 0.333. The third-order valence-corrected chi connectivity index (χ3v) is 6.62. The Labute approximate surface area is 127 Å². The van der Waals surface area contributed by atoms with E-state index in [0.717, 1.165) is 0 Å². The van der Waals surface area contributed by atoms with Crippen molar-refractivity contribution in [2.24, 2.45) is 5.41 Å². The first kappa shape index (κ1) is 13.2. The predicted octanol–water partition coefficient (Wildman–Crippen LogP) is 4.97. The Bertz CT molecular complexity index is 619. The van der Waals surface area contributed by atoms with E-state index < -0.39 is 0 Å². The second-order valence-corrected chi connectivity index (χ2v) is 6.70. The van der Waals surface area contributed by atoms with Crippen molar-refractivity contribution in [3.63, 3.8) is 0 Å². The molecule has 0 amide bonds. The van der Waals surface area contributed by atoms with Crippen LogP contribution < -0.4 is 0 Å². The van der Waals surface area contributed by atoms with Crippen molar-refractivity contribution >= 4 is 6.08 Å². The standard InChI is InChI=1S/C18H19.Ti/c1-12-11-18(4,14(3)13(12)2)17-10-9-15-7-5-6-8-16(15)17;/h5-10,17H,1-4H3;. The molecular weight excluding hydrogens is 264 g/mol. The third kappa shape index (κ3) is 1.63. The van der Waals surface area contributed by atoms with Crippen LogP contribution in [0.1, 0.15) is 44.7 Å². The zero-order chi connectivity index (χ0) is 13.8. The summed E-state index contributed by atoms with van der Waals surface area (Å²) < 4.78 is 1.54. The molecule has 0 nitrogen and oxygen atoms in total. The minimum absolute atomic E-state index is 0.150. The molecule has 0 fully saturated rings. The average Bonchev–Trinajstić information content (AvgIpc) is 2.92. The van der Waals surface area contributed by atoms with Crippen LogP contribution in [0.2, 0.25) is 0 Å². The van der Waals surface area contributed by atoms with Gasteiger partial charge in [-0.2, -0.15) is 0 Å². The summed E-state index contributed by atoms with van der Waals surface area (Å²) in [5.41, 5.74) is 7.52. The third-order valence-electron chi connectivity index (χ3n) is 5.22. The van der Waals surface area contributed by atoms with Gasteiger partial charge in [0.05, 0.1) is 0 Å². The van der Waals surface area contributed by atoms with Crippen LogP contribution in [0, 0.1) is 5.41 Å². The van der Waals surface area contributed by atoms with E-state index in [2.05, 4.69) is 84.5 Å². The molecule has 2 unspecified atom stereocenters. The quantitative estimate of drug-likeness (QED) is 0.638. The van der Waals surface area contributed by atoms with Crippen molar-refractivity contribution in [2.45, 2.75) is 33.6 Å². The molecule has 0 aliphatic heterocycles. The molecule has 1 aromatic carbocycles. The molecule has 2 aliphatic carbocycles. The van der Waals surface area contributed by atoms with E-state index in [1.807, 2.05) is 0 Å². The van der Waals surface area contributed by atoms with Crippen LogP contribution >= 0.6 is 0 Å². The van der Waals surface area contributed by atoms with Gasteiger partial charge in [-0.15, -0.1) is 0 Å². The van der Waals surface area contributed by atoms with Gasteiger partial charge in [-0.25, -0.2) is 0 Å². The van der Waals surface area contributed by atoms with Crippen LogP contribution in [-0.2, 0) is 20.4 Å². The molecule has 0 saturated heterocycles. The Hall–Kier alpha value is -0.846. The van der Waals surface area contributed by atoms with Crippen molar-refractivity contribution in [1.29, 1.82) is 0 Å². The van der Waals surface area contributed by atoms with E-state index in [-0.39, 0.29) is 5.41 Å². The van der Waals surface area contributed by atoms with Crippen LogP contribution in [0.4, 0.5) is 0 Å². The van der Waals surface area contributed by atoms with Gasteiger partial charge in [-0.05, 0) is 0 Å². The molecule has 0 heterocycles. The van der Waals surface area contributed by atoms with Crippen LogP contribution in [-0.4, -0.2) is 0 Å². The molecule has 2 atom stereocenters. The van der Waals surface area contributed by atoms with Gasteiger partial charge in [0, 0.05) is 0 Å². The van der Waals surface area contributed by atoms with Crippen LogP contribution in [0.15, 0.2) is 50.9 Å². The second-order valence-electron chi connectivity index (χ2n) is 5.92. The maximum absolute atomic E-state index is 2.41. The monoisotopic (exact) mass is 283 g/mol. The van der Waals surface area contributed by atoms with E-state index in [1.165, 1.54) is 31.7 Å². The number of hydrogen-bond donors (Lipinski definition) is 0. The number of hydrogen-bond acceptors (Lipinski definition) is 0. The molecule has 0 aromatic heterocycles. The topological polar surface area (TPSA) is 0 Å². The summed E-state index contributed by atoms with van der Waals surface area (Å²) in [6.07, 6.45) is 4.68. The number of allylic oxidation sites excluding steroid dienone is 5. The predicted molar refractivity (Wildman–Crippen MR) is 77.4 cm³/mol.